The molecule has 0 heterocycles. The summed E-state index contributed by atoms with van der Waals surface area (Å²) in [5, 5.41) is 0. The molecule has 1 aromatic carbocycles. The van der Waals surface area contributed by atoms with E-state index in [1.807, 2.05) is 0 Å². The Bertz CT molecular complexity index is 575. The molecule has 0 fully saturated rings. The fourth-order valence-electron chi connectivity index (χ4n) is 1.43. The third kappa shape index (κ3) is 5.10. The minimum atomic E-state index is -3.60. The monoisotopic (exact) mass is 364 g/mol. The van der Waals surface area contributed by atoms with Crippen molar-refractivity contribution in [3.63, 3.8) is 0 Å². The molecule has 0 atom stereocenters. The maximum Gasteiger partial charge on any atom is 0.305 e. The second kappa shape index (κ2) is 7.61. The van der Waals surface area contributed by atoms with Gasteiger partial charge in [0, 0.05) is 23.1 Å². The van der Waals surface area contributed by atoms with Crippen LogP contribution in [0.4, 0.5) is 5.69 Å². The van der Waals surface area contributed by atoms with Gasteiger partial charge in [0.2, 0.25) is 10.0 Å². The molecule has 112 valence electrons. The lowest BCUT2D eigenvalue weighted by Crippen LogP contribution is -2.25. The van der Waals surface area contributed by atoms with Gasteiger partial charge in [-0.2, -0.15) is 0 Å². The van der Waals surface area contributed by atoms with E-state index in [1.54, 1.807) is 6.92 Å². The van der Waals surface area contributed by atoms with Crippen molar-refractivity contribution < 1.29 is 17.9 Å². The van der Waals surface area contributed by atoms with Crippen LogP contribution in [0.2, 0.25) is 0 Å². The molecule has 0 aromatic heterocycles. The van der Waals surface area contributed by atoms with Crippen LogP contribution < -0.4 is 10.5 Å². The predicted octanol–water partition coefficient (Wildman–Crippen LogP) is 1.65. The Kier molecular flexibility index (Phi) is 6.44. The number of sulfonamides is 1. The Morgan fingerprint density at radius 3 is 2.75 bits per heavy atom. The highest BCUT2D eigenvalue weighted by molar-refractivity contribution is 9.10. The number of esters is 1. The molecule has 0 saturated heterocycles. The van der Waals surface area contributed by atoms with Crippen molar-refractivity contribution in [2.45, 2.75) is 24.7 Å². The first-order valence-electron chi connectivity index (χ1n) is 6.07. The topological polar surface area (TPSA) is 98.5 Å². The van der Waals surface area contributed by atoms with E-state index in [9.17, 15) is 13.2 Å². The van der Waals surface area contributed by atoms with Gasteiger partial charge in [-0.05, 0) is 47.5 Å². The molecule has 0 unspecified atom stereocenters. The van der Waals surface area contributed by atoms with E-state index in [1.165, 1.54) is 18.2 Å². The summed E-state index contributed by atoms with van der Waals surface area (Å²) in [5.74, 6) is -0.332. The fourth-order valence-corrected chi connectivity index (χ4v) is 3.06. The van der Waals surface area contributed by atoms with Crippen LogP contribution >= 0.6 is 15.9 Å². The summed E-state index contributed by atoms with van der Waals surface area (Å²) in [6.45, 7) is 2.22. The van der Waals surface area contributed by atoms with Crippen LogP contribution in [0.3, 0.4) is 0 Å². The van der Waals surface area contributed by atoms with Gasteiger partial charge in [-0.1, -0.05) is 0 Å². The van der Waals surface area contributed by atoms with Crippen LogP contribution in [0.1, 0.15) is 19.8 Å². The van der Waals surface area contributed by atoms with Gasteiger partial charge in [0.25, 0.3) is 0 Å². The van der Waals surface area contributed by atoms with Crippen molar-refractivity contribution in [2.24, 2.45) is 0 Å². The zero-order valence-electron chi connectivity index (χ0n) is 11.1. The number of nitrogens with two attached hydrogens (primary N) is 1. The van der Waals surface area contributed by atoms with Gasteiger partial charge in [-0.3, -0.25) is 4.79 Å². The molecule has 0 radical (unpaired) electrons. The third-order valence-corrected chi connectivity index (χ3v) is 4.58. The van der Waals surface area contributed by atoms with Crippen LogP contribution in [0.25, 0.3) is 0 Å². The number of carbonyl (C=O) groups excluding carboxylic acids is 1. The van der Waals surface area contributed by atoms with Crippen LogP contribution in [0.5, 0.6) is 0 Å². The van der Waals surface area contributed by atoms with Crippen molar-refractivity contribution in [2.75, 3.05) is 18.9 Å². The number of nitrogens with one attached hydrogen (secondary N) is 1. The molecule has 0 aliphatic carbocycles. The van der Waals surface area contributed by atoms with Gasteiger partial charge in [0.05, 0.1) is 11.5 Å². The molecule has 8 heteroatoms. The van der Waals surface area contributed by atoms with Gasteiger partial charge in [0.15, 0.2) is 0 Å². The van der Waals surface area contributed by atoms with E-state index in [-0.39, 0.29) is 23.8 Å². The lowest BCUT2D eigenvalue weighted by Gasteiger charge is -2.08. The van der Waals surface area contributed by atoms with Crippen LogP contribution in [0.15, 0.2) is 27.6 Å². The Balaban J connectivity index is 2.53. The first kappa shape index (κ1) is 16.9. The highest BCUT2D eigenvalue weighted by Crippen LogP contribution is 2.22. The van der Waals surface area contributed by atoms with Crippen molar-refractivity contribution in [1.29, 1.82) is 0 Å². The van der Waals surface area contributed by atoms with E-state index in [0.29, 0.717) is 23.2 Å². The summed E-state index contributed by atoms with van der Waals surface area (Å²) < 4.78 is 31.6. The number of ether oxygens (including phenoxy) is 1. The van der Waals surface area contributed by atoms with Gasteiger partial charge >= 0.3 is 5.97 Å². The predicted molar refractivity (Wildman–Crippen MR) is 79.6 cm³/mol. The zero-order chi connectivity index (χ0) is 15.2. The van der Waals surface area contributed by atoms with Crippen molar-refractivity contribution >= 4 is 37.6 Å². The number of carbonyl (C=O) groups is 1. The molecular weight excluding hydrogens is 348 g/mol. The van der Waals surface area contributed by atoms with Crippen molar-refractivity contribution in [1.82, 2.24) is 4.72 Å². The average Bonchev–Trinajstić information content (AvgIpc) is 2.38. The second-order valence-corrected chi connectivity index (χ2v) is 6.61. The Hall–Kier alpha value is -1.12. The van der Waals surface area contributed by atoms with Crippen LogP contribution in [0, 0.1) is 0 Å². The van der Waals surface area contributed by atoms with Crippen LogP contribution in [-0.2, 0) is 19.6 Å². The molecule has 1 rings (SSSR count). The van der Waals surface area contributed by atoms with Gasteiger partial charge in [-0.15, -0.1) is 0 Å². The molecule has 0 saturated carbocycles. The van der Waals surface area contributed by atoms with Gasteiger partial charge in [-0.25, -0.2) is 13.1 Å². The first-order valence-corrected chi connectivity index (χ1v) is 8.34. The SMILES string of the molecule is CCOC(=O)CCCNS(=O)(=O)c1ccc(N)c(Br)c1. The highest BCUT2D eigenvalue weighted by Gasteiger charge is 2.14. The van der Waals surface area contributed by atoms with E-state index in [2.05, 4.69) is 20.7 Å². The molecule has 0 aliphatic heterocycles. The van der Waals surface area contributed by atoms with E-state index in [4.69, 9.17) is 10.5 Å². The molecule has 0 spiro atoms. The molecule has 0 bridgehead atoms. The number of anilines is 1. The third-order valence-electron chi connectivity index (χ3n) is 2.44. The first-order chi connectivity index (χ1) is 9.36. The Morgan fingerprint density at radius 1 is 1.45 bits per heavy atom. The largest absolute Gasteiger partial charge is 0.466 e. The van der Waals surface area contributed by atoms with Gasteiger partial charge < -0.3 is 10.5 Å². The van der Waals surface area contributed by atoms with Crippen molar-refractivity contribution in [3.8, 4) is 0 Å². The molecular formula is C12H17BrN2O4S. The standard InChI is InChI=1S/C12H17BrN2O4S/c1-2-19-12(16)4-3-7-15-20(17,18)9-5-6-11(14)10(13)8-9/h5-6,8,15H,2-4,7,14H2,1H3. The Labute approximate surface area is 126 Å². The summed E-state index contributed by atoms with van der Waals surface area (Å²) in [4.78, 5) is 11.2. The number of benzene rings is 1. The second-order valence-electron chi connectivity index (χ2n) is 3.99. The highest BCUT2D eigenvalue weighted by atomic mass is 79.9. The number of hydrogen-bond donors (Lipinski definition) is 2. The molecule has 0 aliphatic rings. The number of nitrogen functional groups attached to an aromatic ring is 1. The molecule has 1 aromatic rings. The van der Waals surface area contributed by atoms with Crippen LogP contribution in [-0.4, -0.2) is 27.5 Å². The summed E-state index contributed by atoms with van der Waals surface area (Å²) in [5.41, 5.74) is 6.07. The smallest absolute Gasteiger partial charge is 0.305 e. The summed E-state index contributed by atoms with van der Waals surface area (Å²) in [6.07, 6.45) is 0.565. The fraction of sp³-hybridized carbons (Fsp3) is 0.417. The lowest BCUT2D eigenvalue weighted by molar-refractivity contribution is -0.143. The van der Waals surface area contributed by atoms with E-state index >= 15 is 0 Å². The summed E-state index contributed by atoms with van der Waals surface area (Å²) >= 11 is 3.18. The number of hydrogen-bond acceptors (Lipinski definition) is 5. The maximum atomic E-state index is 12.0. The molecule has 0 amide bonds. The average molecular weight is 365 g/mol. The summed E-state index contributed by atoms with van der Waals surface area (Å²) in [7, 11) is -3.60. The number of halogens is 1. The molecule has 20 heavy (non-hydrogen) atoms. The lowest BCUT2D eigenvalue weighted by atomic mass is 10.3. The maximum absolute atomic E-state index is 12.0. The minimum Gasteiger partial charge on any atom is -0.466 e. The normalized spacial score (nSPS) is 11.3. The zero-order valence-corrected chi connectivity index (χ0v) is 13.5. The minimum absolute atomic E-state index is 0.120. The van der Waals surface area contributed by atoms with E-state index < -0.39 is 10.0 Å². The van der Waals surface area contributed by atoms with E-state index in [0.717, 1.165) is 0 Å². The molecule has 3 N–H and O–H groups in total. The quantitative estimate of drug-likeness (QED) is 0.435. The van der Waals surface area contributed by atoms with Crippen molar-refractivity contribution in [3.05, 3.63) is 22.7 Å². The number of rotatable bonds is 7. The summed E-state index contributed by atoms with van der Waals surface area (Å²) in [6, 6.07) is 4.37. The molecule has 6 nitrogen and oxygen atoms in total. The van der Waals surface area contributed by atoms with Gasteiger partial charge in [0.1, 0.15) is 0 Å². The Morgan fingerprint density at radius 2 is 2.15 bits per heavy atom.